The number of hydrogen-bond donors (Lipinski definition) is 2. The van der Waals surface area contributed by atoms with Gasteiger partial charge < -0.3 is 20.4 Å². The normalized spacial score (nSPS) is 15.5. The third kappa shape index (κ3) is 3.63. The number of hydrogen-bond acceptors (Lipinski definition) is 5. The smallest absolute Gasteiger partial charge is 0.258 e. The molecule has 0 fully saturated rings. The molecule has 1 aliphatic rings. The molecule has 0 amide bonds. The zero-order chi connectivity index (χ0) is 18.1. The molecule has 1 atom stereocenters. The Balaban J connectivity index is 0.00000210. The Morgan fingerprint density at radius 2 is 2.11 bits per heavy atom. The number of ether oxygens (including phenoxy) is 1. The van der Waals surface area contributed by atoms with Gasteiger partial charge in [0.05, 0.1) is 24.6 Å². The molecule has 3 aromatic rings. The van der Waals surface area contributed by atoms with Gasteiger partial charge in [-0.1, -0.05) is 18.2 Å². The number of aromatic nitrogens is 2. The van der Waals surface area contributed by atoms with E-state index >= 15 is 0 Å². The van der Waals surface area contributed by atoms with Crippen molar-refractivity contribution in [2.45, 2.75) is 18.9 Å². The van der Waals surface area contributed by atoms with Crippen LogP contribution in [0.5, 0.6) is 5.75 Å². The number of fused-ring (bicyclic) bond motifs is 2. The number of rotatable bonds is 5. The summed E-state index contributed by atoms with van der Waals surface area (Å²) in [6, 6.07) is 13.7. The Labute approximate surface area is 163 Å². The topological polar surface area (TPSA) is 84.2 Å². The van der Waals surface area contributed by atoms with Crippen molar-refractivity contribution in [1.82, 2.24) is 9.97 Å². The van der Waals surface area contributed by atoms with Crippen molar-refractivity contribution in [1.29, 1.82) is 0 Å². The van der Waals surface area contributed by atoms with E-state index in [1.165, 1.54) is 11.3 Å². The number of nitrogens with one attached hydrogen (secondary N) is 1. The van der Waals surface area contributed by atoms with Crippen molar-refractivity contribution in [3.8, 4) is 5.75 Å². The summed E-state index contributed by atoms with van der Waals surface area (Å²) in [6.07, 6.45) is 0.953. The first kappa shape index (κ1) is 19.2. The van der Waals surface area contributed by atoms with E-state index in [-0.39, 0.29) is 18.0 Å². The van der Waals surface area contributed by atoms with E-state index in [4.69, 9.17) is 10.5 Å². The first-order chi connectivity index (χ1) is 12.7. The Morgan fingerprint density at radius 1 is 1.30 bits per heavy atom. The molecule has 1 aromatic heterocycles. The lowest BCUT2D eigenvalue weighted by Gasteiger charge is -2.19. The first-order valence-corrected chi connectivity index (χ1v) is 8.80. The molecule has 1 unspecified atom stereocenters. The highest BCUT2D eigenvalue weighted by Gasteiger charge is 2.28. The maximum atomic E-state index is 12.5. The number of para-hydroxylation sites is 1. The summed E-state index contributed by atoms with van der Waals surface area (Å²) in [5.74, 6) is 1.74. The summed E-state index contributed by atoms with van der Waals surface area (Å²) in [4.78, 5) is 22.3. The highest BCUT2D eigenvalue weighted by Crippen LogP contribution is 2.38. The van der Waals surface area contributed by atoms with Crippen LogP contribution in [0.25, 0.3) is 10.9 Å². The predicted molar refractivity (Wildman–Crippen MR) is 110 cm³/mol. The summed E-state index contributed by atoms with van der Waals surface area (Å²) in [6.45, 7) is 2.12. The standard InChI is InChI=1S/C20H22N4O2.ClH/c1-26-14-6-7-17-16(10-14)20(25)23-19(22-17)12-24-11-13(8-9-21)15-4-2-3-5-18(15)24;/h2-7,10,13H,8-9,11-12,21H2,1H3,(H,22,23,25);1H. The Hall–Kier alpha value is -2.57. The van der Waals surface area contributed by atoms with Crippen LogP contribution in [0.2, 0.25) is 0 Å². The zero-order valence-electron chi connectivity index (χ0n) is 15.1. The van der Waals surface area contributed by atoms with Crippen LogP contribution in [0.3, 0.4) is 0 Å². The van der Waals surface area contributed by atoms with E-state index in [1.807, 2.05) is 18.2 Å². The minimum Gasteiger partial charge on any atom is -0.497 e. The van der Waals surface area contributed by atoms with E-state index in [0.29, 0.717) is 41.5 Å². The second-order valence-corrected chi connectivity index (χ2v) is 6.61. The molecule has 2 heterocycles. The number of halogens is 1. The second kappa shape index (κ2) is 7.98. The van der Waals surface area contributed by atoms with Crippen molar-refractivity contribution in [2.75, 3.05) is 25.1 Å². The van der Waals surface area contributed by atoms with Crippen LogP contribution in [0.1, 0.15) is 23.7 Å². The first-order valence-electron chi connectivity index (χ1n) is 8.80. The number of aromatic amines is 1. The van der Waals surface area contributed by atoms with Gasteiger partial charge in [-0.15, -0.1) is 12.4 Å². The molecule has 4 rings (SSSR count). The van der Waals surface area contributed by atoms with Crippen LogP contribution >= 0.6 is 12.4 Å². The van der Waals surface area contributed by atoms with Gasteiger partial charge in [0.2, 0.25) is 0 Å². The van der Waals surface area contributed by atoms with Gasteiger partial charge in [-0.3, -0.25) is 4.79 Å². The number of methoxy groups -OCH3 is 1. The lowest BCUT2D eigenvalue weighted by atomic mass is 9.98. The maximum Gasteiger partial charge on any atom is 0.258 e. The molecule has 1 aliphatic heterocycles. The van der Waals surface area contributed by atoms with Gasteiger partial charge in [-0.05, 0) is 42.8 Å². The van der Waals surface area contributed by atoms with Crippen LogP contribution in [0.15, 0.2) is 47.3 Å². The van der Waals surface area contributed by atoms with E-state index in [9.17, 15) is 4.79 Å². The maximum absolute atomic E-state index is 12.5. The molecule has 0 saturated heterocycles. The Bertz CT molecular complexity index is 1000. The van der Waals surface area contributed by atoms with E-state index in [2.05, 4.69) is 33.1 Å². The molecule has 2 aromatic carbocycles. The molecule has 3 N–H and O–H groups in total. The highest BCUT2D eigenvalue weighted by atomic mass is 35.5. The van der Waals surface area contributed by atoms with Crippen LogP contribution in [0.4, 0.5) is 5.69 Å². The largest absolute Gasteiger partial charge is 0.497 e. The van der Waals surface area contributed by atoms with Crippen molar-refractivity contribution in [2.24, 2.45) is 5.73 Å². The molecular formula is C20H23ClN4O2. The Kier molecular flexibility index (Phi) is 5.68. The number of nitrogens with zero attached hydrogens (tertiary/aromatic N) is 2. The van der Waals surface area contributed by atoms with Crippen LogP contribution < -0.4 is 20.9 Å². The van der Waals surface area contributed by atoms with E-state index < -0.39 is 0 Å². The molecule has 6 nitrogen and oxygen atoms in total. The average Bonchev–Trinajstić information content (AvgIpc) is 3.00. The molecule has 7 heteroatoms. The van der Waals surface area contributed by atoms with Gasteiger partial charge in [-0.25, -0.2) is 4.98 Å². The summed E-state index contributed by atoms with van der Waals surface area (Å²) in [5, 5.41) is 0.538. The van der Waals surface area contributed by atoms with Gasteiger partial charge in [0.1, 0.15) is 11.6 Å². The summed E-state index contributed by atoms with van der Waals surface area (Å²) >= 11 is 0. The van der Waals surface area contributed by atoms with Gasteiger partial charge >= 0.3 is 0 Å². The lowest BCUT2D eigenvalue weighted by Crippen LogP contribution is -2.25. The van der Waals surface area contributed by atoms with Crippen molar-refractivity contribution >= 4 is 29.0 Å². The van der Waals surface area contributed by atoms with E-state index in [1.54, 1.807) is 13.2 Å². The van der Waals surface area contributed by atoms with Crippen LogP contribution in [-0.4, -0.2) is 30.2 Å². The van der Waals surface area contributed by atoms with Gasteiger partial charge in [0.25, 0.3) is 5.56 Å². The number of anilines is 1. The summed E-state index contributed by atoms with van der Waals surface area (Å²) in [5.41, 5.74) is 8.84. The molecule has 0 aliphatic carbocycles. The lowest BCUT2D eigenvalue weighted by molar-refractivity contribution is 0.415. The van der Waals surface area contributed by atoms with Crippen molar-refractivity contribution in [3.63, 3.8) is 0 Å². The van der Waals surface area contributed by atoms with Gasteiger partial charge in [0, 0.05) is 18.2 Å². The minimum absolute atomic E-state index is 0. The Morgan fingerprint density at radius 3 is 2.89 bits per heavy atom. The second-order valence-electron chi connectivity index (χ2n) is 6.61. The molecule has 142 valence electrons. The fraction of sp³-hybridized carbons (Fsp3) is 0.300. The van der Waals surface area contributed by atoms with Gasteiger partial charge in [0.15, 0.2) is 0 Å². The van der Waals surface area contributed by atoms with Crippen LogP contribution in [-0.2, 0) is 6.54 Å². The van der Waals surface area contributed by atoms with Crippen LogP contribution in [0, 0.1) is 0 Å². The third-order valence-electron chi connectivity index (χ3n) is 4.98. The monoisotopic (exact) mass is 386 g/mol. The molecule has 0 radical (unpaired) electrons. The predicted octanol–water partition coefficient (Wildman–Crippen LogP) is 2.81. The fourth-order valence-corrected chi connectivity index (χ4v) is 3.73. The molecule has 0 bridgehead atoms. The van der Waals surface area contributed by atoms with Gasteiger partial charge in [-0.2, -0.15) is 0 Å². The third-order valence-corrected chi connectivity index (χ3v) is 4.98. The zero-order valence-corrected chi connectivity index (χ0v) is 16.0. The van der Waals surface area contributed by atoms with E-state index in [0.717, 1.165) is 13.0 Å². The molecule has 0 saturated carbocycles. The highest BCUT2D eigenvalue weighted by molar-refractivity contribution is 5.85. The summed E-state index contributed by atoms with van der Waals surface area (Å²) < 4.78 is 5.19. The molecule has 27 heavy (non-hydrogen) atoms. The number of H-pyrrole nitrogens is 1. The fourth-order valence-electron chi connectivity index (χ4n) is 3.73. The minimum atomic E-state index is -0.144. The van der Waals surface area contributed by atoms with Crippen molar-refractivity contribution < 1.29 is 4.74 Å². The summed E-state index contributed by atoms with van der Waals surface area (Å²) in [7, 11) is 1.58. The van der Waals surface area contributed by atoms with Crippen molar-refractivity contribution in [3.05, 3.63) is 64.2 Å². The quantitative estimate of drug-likeness (QED) is 0.704. The number of benzene rings is 2. The average molecular weight is 387 g/mol. The molecule has 0 spiro atoms. The SMILES string of the molecule is COc1ccc2nc(CN3CC(CCN)c4ccccc43)[nH]c(=O)c2c1.Cl. The molecular weight excluding hydrogens is 364 g/mol. The number of nitrogens with two attached hydrogens (primary N) is 1.